The molecule has 1 aliphatic rings. The average molecular weight is 306 g/mol. The number of nitrogens with one attached hydrogen (secondary N) is 1. The van der Waals surface area contributed by atoms with Gasteiger partial charge in [-0.15, -0.1) is 22.7 Å². The van der Waals surface area contributed by atoms with Gasteiger partial charge in [0.1, 0.15) is 0 Å². The Morgan fingerprint density at radius 3 is 2.35 bits per heavy atom. The molecule has 20 heavy (non-hydrogen) atoms. The number of rotatable bonds is 5. The van der Waals surface area contributed by atoms with Gasteiger partial charge in [0.05, 0.1) is 0 Å². The van der Waals surface area contributed by atoms with Gasteiger partial charge in [0.25, 0.3) is 0 Å². The van der Waals surface area contributed by atoms with E-state index in [-0.39, 0.29) is 0 Å². The first kappa shape index (κ1) is 14.3. The molecular weight excluding hydrogens is 282 g/mol. The molecule has 0 saturated carbocycles. The molecule has 0 aromatic carbocycles. The minimum absolute atomic E-state index is 0.591. The molecule has 1 fully saturated rings. The van der Waals surface area contributed by atoms with Crippen molar-refractivity contribution >= 4 is 22.7 Å². The van der Waals surface area contributed by atoms with Crippen LogP contribution in [-0.2, 0) is 0 Å². The zero-order valence-electron chi connectivity index (χ0n) is 12.0. The van der Waals surface area contributed by atoms with Gasteiger partial charge in [-0.25, -0.2) is 0 Å². The van der Waals surface area contributed by atoms with Crippen molar-refractivity contribution in [1.29, 1.82) is 0 Å². The van der Waals surface area contributed by atoms with Crippen LogP contribution in [0.4, 0.5) is 0 Å². The quantitative estimate of drug-likeness (QED) is 0.809. The highest BCUT2D eigenvalue weighted by molar-refractivity contribution is 7.11. The van der Waals surface area contributed by atoms with E-state index in [0.717, 1.165) is 5.92 Å². The summed E-state index contributed by atoms with van der Waals surface area (Å²) in [7, 11) is 0. The van der Waals surface area contributed by atoms with Crippen molar-refractivity contribution < 1.29 is 0 Å². The molecule has 0 bridgehead atoms. The lowest BCUT2D eigenvalue weighted by molar-refractivity contribution is 0.292. The second kappa shape index (κ2) is 6.88. The lowest BCUT2D eigenvalue weighted by atomic mass is 9.85. The summed E-state index contributed by atoms with van der Waals surface area (Å²) < 4.78 is 0. The topological polar surface area (TPSA) is 12.0 Å². The maximum atomic E-state index is 3.72. The lowest BCUT2D eigenvalue weighted by Gasteiger charge is -2.31. The molecule has 0 radical (unpaired) electrons. The molecule has 3 rings (SSSR count). The van der Waals surface area contributed by atoms with Crippen LogP contribution in [-0.4, -0.2) is 12.6 Å². The van der Waals surface area contributed by atoms with Crippen LogP contribution in [0.2, 0.25) is 0 Å². The van der Waals surface area contributed by atoms with E-state index in [4.69, 9.17) is 0 Å². The zero-order valence-corrected chi connectivity index (χ0v) is 13.7. The summed E-state index contributed by atoms with van der Waals surface area (Å²) in [5.74, 6) is 1.33. The molecule has 0 spiro atoms. The Labute approximate surface area is 130 Å². The van der Waals surface area contributed by atoms with Crippen LogP contribution in [0.3, 0.4) is 0 Å². The Morgan fingerprint density at radius 2 is 1.85 bits per heavy atom. The van der Waals surface area contributed by atoms with Gasteiger partial charge in [-0.1, -0.05) is 25.5 Å². The van der Waals surface area contributed by atoms with Crippen molar-refractivity contribution in [2.45, 2.75) is 44.6 Å². The standard InChI is InChI=1S/C17H23NS2/c1-13(15-6-2-3-9-18-15)12-14(16-7-4-10-19-16)17-8-5-11-20-17/h4-5,7-8,10-11,13-15,18H,2-3,6,9,12H2,1H3. The predicted octanol–water partition coefficient (Wildman–Crippen LogP) is 5.11. The molecule has 0 aliphatic carbocycles. The third-order valence-corrected chi connectivity index (χ3v) is 6.39. The van der Waals surface area contributed by atoms with Crippen molar-refractivity contribution in [2.24, 2.45) is 5.92 Å². The second-order valence-corrected chi connectivity index (χ2v) is 7.81. The lowest BCUT2D eigenvalue weighted by Crippen LogP contribution is -2.39. The normalized spacial score (nSPS) is 21.2. The first-order valence-electron chi connectivity index (χ1n) is 7.65. The predicted molar refractivity (Wildman–Crippen MR) is 89.9 cm³/mol. The fraction of sp³-hybridized carbons (Fsp3) is 0.529. The van der Waals surface area contributed by atoms with Crippen LogP contribution in [0, 0.1) is 5.92 Å². The third kappa shape index (κ3) is 3.33. The highest BCUT2D eigenvalue weighted by Crippen LogP contribution is 2.37. The summed E-state index contributed by atoms with van der Waals surface area (Å²) in [6.07, 6.45) is 5.36. The van der Waals surface area contributed by atoms with Crippen LogP contribution < -0.4 is 5.32 Å². The second-order valence-electron chi connectivity index (χ2n) is 5.85. The number of piperidine rings is 1. The number of hydrogen-bond acceptors (Lipinski definition) is 3. The third-order valence-electron chi connectivity index (χ3n) is 4.42. The summed E-state index contributed by atoms with van der Waals surface area (Å²) in [6, 6.07) is 9.69. The van der Waals surface area contributed by atoms with Gasteiger partial charge in [0.15, 0.2) is 0 Å². The molecular formula is C17H23NS2. The van der Waals surface area contributed by atoms with Crippen LogP contribution in [0.1, 0.15) is 48.3 Å². The van der Waals surface area contributed by atoms with E-state index in [9.17, 15) is 0 Å². The molecule has 1 nitrogen and oxygen atoms in total. The van der Waals surface area contributed by atoms with E-state index in [0.29, 0.717) is 12.0 Å². The van der Waals surface area contributed by atoms with E-state index in [2.05, 4.69) is 47.3 Å². The van der Waals surface area contributed by atoms with E-state index in [1.807, 2.05) is 22.7 Å². The van der Waals surface area contributed by atoms with Crippen molar-refractivity contribution in [1.82, 2.24) is 5.32 Å². The molecule has 3 heterocycles. The Morgan fingerprint density at radius 1 is 1.15 bits per heavy atom. The average Bonchev–Trinajstić information content (AvgIpc) is 3.19. The van der Waals surface area contributed by atoms with E-state index >= 15 is 0 Å². The molecule has 2 atom stereocenters. The van der Waals surface area contributed by atoms with Gasteiger partial charge in [-0.3, -0.25) is 0 Å². The maximum Gasteiger partial charge on any atom is 0.0281 e. The highest BCUT2D eigenvalue weighted by Gasteiger charge is 2.25. The van der Waals surface area contributed by atoms with Gasteiger partial charge >= 0.3 is 0 Å². The van der Waals surface area contributed by atoms with Gasteiger partial charge in [0.2, 0.25) is 0 Å². The molecule has 0 amide bonds. The molecule has 2 unspecified atom stereocenters. The van der Waals surface area contributed by atoms with Gasteiger partial charge < -0.3 is 5.32 Å². The minimum atomic E-state index is 0.591. The van der Waals surface area contributed by atoms with Gasteiger partial charge in [-0.2, -0.15) is 0 Å². The van der Waals surface area contributed by atoms with E-state index in [1.54, 1.807) is 0 Å². The van der Waals surface area contributed by atoms with Crippen molar-refractivity contribution in [3.63, 3.8) is 0 Å². The summed E-state index contributed by atoms with van der Waals surface area (Å²) in [6.45, 7) is 3.63. The summed E-state index contributed by atoms with van der Waals surface area (Å²) in [5, 5.41) is 8.14. The summed E-state index contributed by atoms with van der Waals surface area (Å²) in [5.41, 5.74) is 0. The number of hydrogen-bond donors (Lipinski definition) is 1. The maximum absolute atomic E-state index is 3.72. The molecule has 1 aliphatic heterocycles. The molecule has 1 saturated heterocycles. The molecule has 108 valence electrons. The van der Waals surface area contributed by atoms with Crippen LogP contribution in [0.25, 0.3) is 0 Å². The van der Waals surface area contributed by atoms with Crippen molar-refractivity contribution in [3.05, 3.63) is 44.8 Å². The SMILES string of the molecule is CC(CC(c1cccs1)c1cccs1)C1CCCCN1. The smallest absolute Gasteiger partial charge is 0.0281 e. The highest BCUT2D eigenvalue weighted by atomic mass is 32.1. The Balaban J connectivity index is 1.73. The zero-order chi connectivity index (χ0) is 13.8. The monoisotopic (exact) mass is 305 g/mol. The fourth-order valence-corrected chi connectivity index (χ4v) is 5.04. The number of thiophene rings is 2. The molecule has 2 aromatic rings. The van der Waals surface area contributed by atoms with Crippen LogP contribution >= 0.6 is 22.7 Å². The Bertz CT molecular complexity index is 449. The Kier molecular flexibility index (Phi) is 4.92. The van der Waals surface area contributed by atoms with E-state index < -0.39 is 0 Å². The Hall–Kier alpha value is -0.640. The molecule has 2 aromatic heterocycles. The van der Waals surface area contributed by atoms with Crippen molar-refractivity contribution in [2.75, 3.05) is 6.54 Å². The van der Waals surface area contributed by atoms with Gasteiger partial charge in [0, 0.05) is 21.7 Å². The van der Waals surface area contributed by atoms with E-state index in [1.165, 1.54) is 42.0 Å². The summed E-state index contributed by atoms with van der Waals surface area (Å²) >= 11 is 3.81. The molecule has 3 heteroatoms. The first-order valence-corrected chi connectivity index (χ1v) is 9.40. The summed E-state index contributed by atoms with van der Waals surface area (Å²) in [4.78, 5) is 3.05. The van der Waals surface area contributed by atoms with Gasteiger partial charge in [-0.05, 0) is 54.6 Å². The molecule has 1 N–H and O–H groups in total. The largest absolute Gasteiger partial charge is 0.314 e. The van der Waals surface area contributed by atoms with Crippen LogP contribution in [0.5, 0.6) is 0 Å². The first-order chi connectivity index (χ1) is 9.84. The minimum Gasteiger partial charge on any atom is -0.314 e. The van der Waals surface area contributed by atoms with Crippen molar-refractivity contribution in [3.8, 4) is 0 Å². The fourth-order valence-electron chi connectivity index (χ4n) is 3.25. The van der Waals surface area contributed by atoms with Crippen LogP contribution in [0.15, 0.2) is 35.0 Å².